The molecule has 0 aromatic rings. The van der Waals surface area contributed by atoms with E-state index in [0.29, 0.717) is 6.04 Å². The molecule has 2 aliphatic rings. The minimum Gasteiger partial charge on any atom is -0.391 e. The van der Waals surface area contributed by atoms with Gasteiger partial charge in [0.25, 0.3) is 0 Å². The zero-order chi connectivity index (χ0) is 10.7. The summed E-state index contributed by atoms with van der Waals surface area (Å²) in [4.78, 5) is 2.49. The second-order valence-corrected chi connectivity index (χ2v) is 4.88. The number of ether oxygens (including phenoxy) is 1. The lowest BCUT2D eigenvalue weighted by Gasteiger charge is -2.37. The van der Waals surface area contributed by atoms with Crippen molar-refractivity contribution in [3.05, 3.63) is 0 Å². The molecule has 2 aliphatic carbocycles. The fraction of sp³-hybridized carbons (Fsp3) is 1.00. The highest BCUT2D eigenvalue weighted by Gasteiger charge is 2.37. The summed E-state index contributed by atoms with van der Waals surface area (Å²) in [5.41, 5.74) is 0. The summed E-state index contributed by atoms with van der Waals surface area (Å²) in [6.07, 6.45) is 7.15. The number of rotatable bonds is 5. The summed E-state index contributed by atoms with van der Waals surface area (Å²) in [7, 11) is 1.75. The second-order valence-electron chi connectivity index (χ2n) is 4.88. The number of methoxy groups -OCH3 is 1. The molecule has 3 heteroatoms. The third-order valence-corrected chi connectivity index (χ3v) is 3.69. The average molecular weight is 213 g/mol. The van der Waals surface area contributed by atoms with Crippen LogP contribution in [0.25, 0.3) is 0 Å². The quantitative estimate of drug-likeness (QED) is 0.749. The summed E-state index contributed by atoms with van der Waals surface area (Å²) >= 11 is 0. The van der Waals surface area contributed by atoms with Crippen LogP contribution in [0.5, 0.6) is 0 Å². The number of aliphatic hydroxyl groups is 1. The first-order chi connectivity index (χ1) is 7.33. The molecule has 3 nitrogen and oxygen atoms in total. The first-order valence-electron chi connectivity index (χ1n) is 6.25. The molecular weight excluding hydrogens is 190 g/mol. The van der Waals surface area contributed by atoms with Crippen LogP contribution in [-0.4, -0.2) is 48.5 Å². The maximum Gasteiger partial charge on any atom is 0.0695 e. The third kappa shape index (κ3) is 2.92. The Morgan fingerprint density at radius 3 is 2.53 bits per heavy atom. The monoisotopic (exact) mass is 213 g/mol. The topological polar surface area (TPSA) is 32.7 Å². The SMILES string of the molecule is COCCN(C1CC1)[C@H]1CCCC[C@@H]1O. The first-order valence-corrected chi connectivity index (χ1v) is 6.25. The largest absolute Gasteiger partial charge is 0.391 e. The van der Waals surface area contributed by atoms with Gasteiger partial charge in [-0.2, -0.15) is 0 Å². The van der Waals surface area contributed by atoms with Crippen LogP contribution in [0.15, 0.2) is 0 Å². The van der Waals surface area contributed by atoms with Crippen molar-refractivity contribution in [1.82, 2.24) is 4.90 Å². The van der Waals surface area contributed by atoms with Crippen LogP contribution < -0.4 is 0 Å². The Morgan fingerprint density at radius 1 is 1.20 bits per heavy atom. The normalized spacial score (nSPS) is 32.2. The second kappa shape index (κ2) is 5.28. The molecule has 0 saturated heterocycles. The van der Waals surface area contributed by atoms with E-state index in [1.165, 1.54) is 32.1 Å². The Bertz CT molecular complexity index is 194. The number of hydrogen-bond donors (Lipinski definition) is 1. The van der Waals surface area contributed by atoms with E-state index < -0.39 is 0 Å². The molecule has 0 heterocycles. The van der Waals surface area contributed by atoms with Gasteiger partial charge in [-0.1, -0.05) is 12.8 Å². The Balaban J connectivity index is 1.89. The van der Waals surface area contributed by atoms with E-state index in [1.54, 1.807) is 7.11 Å². The summed E-state index contributed by atoms with van der Waals surface area (Å²) in [5, 5.41) is 10.0. The molecule has 15 heavy (non-hydrogen) atoms. The van der Waals surface area contributed by atoms with Crippen molar-refractivity contribution in [3.63, 3.8) is 0 Å². The summed E-state index contributed by atoms with van der Waals surface area (Å²) in [6, 6.07) is 1.14. The maximum atomic E-state index is 10.0. The summed E-state index contributed by atoms with van der Waals surface area (Å²) in [5.74, 6) is 0. The Hall–Kier alpha value is -0.120. The summed E-state index contributed by atoms with van der Waals surface area (Å²) in [6.45, 7) is 1.78. The van der Waals surface area contributed by atoms with Gasteiger partial charge in [-0.3, -0.25) is 4.90 Å². The van der Waals surface area contributed by atoms with Crippen molar-refractivity contribution in [2.45, 2.75) is 56.7 Å². The van der Waals surface area contributed by atoms with E-state index in [0.717, 1.165) is 25.6 Å². The van der Waals surface area contributed by atoms with E-state index in [1.807, 2.05) is 0 Å². The minimum absolute atomic E-state index is 0.101. The molecule has 2 atom stereocenters. The molecule has 0 bridgehead atoms. The fourth-order valence-electron chi connectivity index (χ4n) is 2.70. The van der Waals surface area contributed by atoms with Gasteiger partial charge in [-0.15, -0.1) is 0 Å². The molecule has 1 N–H and O–H groups in total. The predicted octanol–water partition coefficient (Wildman–Crippen LogP) is 1.40. The Labute approximate surface area is 92.4 Å². The molecule has 2 fully saturated rings. The number of aliphatic hydroxyl groups excluding tert-OH is 1. The molecule has 0 aromatic carbocycles. The van der Waals surface area contributed by atoms with Crippen LogP contribution in [-0.2, 0) is 4.74 Å². The van der Waals surface area contributed by atoms with Gasteiger partial charge in [0.2, 0.25) is 0 Å². The molecule has 0 unspecified atom stereocenters. The van der Waals surface area contributed by atoms with Crippen molar-refractivity contribution >= 4 is 0 Å². The molecule has 0 spiro atoms. The lowest BCUT2D eigenvalue weighted by Crippen LogP contribution is -2.47. The van der Waals surface area contributed by atoms with Crippen LogP contribution >= 0.6 is 0 Å². The molecule has 0 radical (unpaired) electrons. The van der Waals surface area contributed by atoms with Crippen LogP contribution in [0, 0.1) is 0 Å². The van der Waals surface area contributed by atoms with Crippen molar-refractivity contribution in [1.29, 1.82) is 0 Å². The third-order valence-electron chi connectivity index (χ3n) is 3.69. The lowest BCUT2D eigenvalue weighted by molar-refractivity contribution is 0.00462. The Kier molecular flexibility index (Phi) is 4.00. The van der Waals surface area contributed by atoms with Crippen molar-refractivity contribution < 1.29 is 9.84 Å². The average Bonchev–Trinajstić information content (AvgIpc) is 3.05. The van der Waals surface area contributed by atoms with Gasteiger partial charge in [0.1, 0.15) is 0 Å². The van der Waals surface area contributed by atoms with Crippen molar-refractivity contribution in [2.24, 2.45) is 0 Å². The van der Waals surface area contributed by atoms with Crippen LogP contribution in [0.3, 0.4) is 0 Å². The van der Waals surface area contributed by atoms with Crippen molar-refractivity contribution in [2.75, 3.05) is 20.3 Å². The summed E-state index contributed by atoms with van der Waals surface area (Å²) < 4.78 is 5.15. The van der Waals surface area contributed by atoms with Gasteiger partial charge >= 0.3 is 0 Å². The molecule has 88 valence electrons. The smallest absolute Gasteiger partial charge is 0.0695 e. The maximum absolute atomic E-state index is 10.0. The van der Waals surface area contributed by atoms with Crippen molar-refractivity contribution in [3.8, 4) is 0 Å². The van der Waals surface area contributed by atoms with Crippen LogP contribution in [0.2, 0.25) is 0 Å². The predicted molar refractivity (Wildman–Crippen MR) is 59.9 cm³/mol. The van der Waals surface area contributed by atoms with E-state index in [4.69, 9.17) is 4.74 Å². The van der Waals surface area contributed by atoms with E-state index >= 15 is 0 Å². The standard InChI is InChI=1S/C12H23NO2/c1-15-9-8-13(10-6-7-10)11-4-2-3-5-12(11)14/h10-12,14H,2-9H2,1H3/t11-,12-/m0/s1. The zero-order valence-electron chi connectivity index (χ0n) is 9.69. The molecule has 2 saturated carbocycles. The van der Waals surface area contributed by atoms with E-state index in [2.05, 4.69) is 4.90 Å². The van der Waals surface area contributed by atoms with Gasteiger partial charge in [0.15, 0.2) is 0 Å². The van der Waals surface area contributed by atoms with Gasteiger partial charge < -0.3 is 9.84 Å². The van der Waals surface area contributed by atoms with Gasteiger partial charge in [0.05, 0.1) is 12.7 Å². The lowest BCUT2D eigenvalue weighted by atomic mass is 9.91. The zero-order valence-corrected chi connectivity index (χ0v) is 9.69. The van der Waals surface area contributed by atoms with Gasteiger partial charge in [0, 0.05) is 25.7 Å². The van der Waals surface area contributed by atoms with Crippen LogP contribution in [0.1, 0.15) is 38.5 Å². The molecule has 0 aliphatic heterocycles. The Morgan fingerprint density at radius 2 is 1.93 bits per heavy atom. The number of hydrogen-bond acceptors (Lipinski definition) is 3. The molecular formula is C12H23NO2. The number of nitrogens with zero attached hydrogens (tertiary/aromatic N) is 1. The van der Waals surface area contributed by atoms with E-state index in [9.17, 15) is 5.11 Å². The highest BCUT2D eigenvalue weighted by molar-refractivity contribution is 4.92. The molecule has 0 amide bonds. The highest BCUT2D eigenvalue weighted by Crippen LogP contribution is 2.33. The first kappa shape index (κ1) is 11.4. The van der Waals surface area contributed by atoms with Gasteiger partial charge in [-0.05, 0) is 25.7 Å². The molecule has 0 aromatic heterocycles. The highest BCUT2D eigenvalue weighted by atomic mass is 16.5. The van der Waals surface area contributed by atoms with E-state index in [-0.39, 0.29) is 6.10 Å². The minimum atomic E-state index is -0.101. The van der Waals surface area contributed by atoms with Gasteiger partial charge in [-0.25, -0.2) is 0 Å². The fourth-order valence-corrected chi connectivity index (χ4v) is 2.70. The molecule has 2 rings (SSSR count). The van der Waals surface area contributed by atoms with Crippen LogP contribution in [0.4, 0.5) is 0 Å².